The molecule has 1 aromatic carbocycles. The van der Waals surface area contributed by atoms with E-state index in [-0.39, 0.29) is 22.2 Å². The standard InChI is InChI=1S/C16H14N2O6S/c1-22-12-5-6-14(23-2)15(9-12)25(20,21)18-16(19)11(10-17)8-13-4-3-7-24-13/h3-9H,1-2H3,(H,18,19). The Morgan fingerprint density at radius 2 is 2.04 bits per heavy atom. The second-order valence-corrected chi connectivity index (χ2v) is 6.29. The number of ether oxygens (including phenoxy) is 2. The first-order chi connectivity index (χ1) is 11.9. The van der Waals surface area contributed by atoms with Gasteiger partial charge in [0.1, 0.15) is 33.8 Å². The van der Waals surface area contributed by atoms with Gasteiger partial charge in [-0.25, -0.2) is 13.1 Å². The molecule has 0 atom stereocenters. The van der Waals surface area contributed by atoms with E-state index in [2.05, 4.69) is 0 Å². The van der Waals surface area contributed by atoms with Crippen LogP contribution in [0.2, 0.25) is 0 Å². The highest BCUT2D eigenvalue weighted by Gasteiger charge is 2.24. The third-order valence-electron chi connectivity index (χ3n) is 3.08. The average molecular weight is 362 g/mol. The zero-order valence-corrected chi connectivity index (χ0v) is 14.2. The van der Waals surface area contributed by atoms with Gasteiger partial charge in [0.25, 0.3) is 15.9 Å². The molecule has 0 bridgehead atoms. The maximum absolute atomic E-state index is 12.5. The Kier molecular flexibility index (Phi) is 5.46. The zero-order chi connectivity index (χ0) is 18.4. The molecule has 1 aromatic heterocycles. The Hall–Kier alpha value is -3.25. The Balaban J connectivity index is 2.35. The van der Waals surface area contributed by atoms with Gasteiger partial charge in [-0.3, -0.25) is 4.79 Å². The monoisotopic (exact) mass is 362 g/mol. The van der Waals surface area contributed by atoms with Crippen molar-refractivity contribution in [2.24, 2.45) is 0 Å². The first kappa shape index (κ1) is 18.1. The van der Waals surface area contributed by atoms with Crippen LogP contribution >= 0.6 is 0 Å². The fourth-order valence-corrected chi connectivity index (χ4v) is 3.04. The lowest BCUT2D eigenvalue weighted by Gasteiger charge is -2.11. The predicted octanol–water partition coefficient (Wildman–Crippen LogP) is 1.71. The molecule has 0 saturated heterocycles. The Morgan fingerprint density at radius 3 is 2.60 bits per heavy atom. The summed E-state index contributed by atoms with van der Waals surface area (Å²) in [7, 11) is -1.63. The van der Waals surface area contributed by atoms with Crippen molar-refractivity contribution in [3.05, 3.63) is 47.9 Å². The second-order valence-electron chi connectivity index (χ2n) is 4.64. The number of carbonyl (C=O) groups is 1. The first-order valence-corrected chi connectivity index (χ1v) is 8.34. The highest BCUT2D eigenvalue weighted by molar-refractivity contribution is 7.90. The number of methoxy groups -OCH3 is 2. The molecule has 2 aromatic rings. The molecule has 2 rings (SSSR count). The van der Waals surface area contributed by atoms with Crippen LogP contribution in [-0.4, -0.2) is 28.5 Å². The normalized spacial score (nSPS) is 11.5. The number of amides is 1. The summed E-state index contributed by atoms with van der Waals surface area (Å²) in [5.41, 5.74) is -0.430. The van der Waals surface area contributed by atoms with Crippen molar-refractivity contribution in [1.82, 2.24) is 4.72 Å². The third kappa shape index (κ3) is 4.19. The molecule has 0 saturated carbocycles. The van der Waals surface area contributed by atoms with Gasteiger partial charge in [0, 0.05) is 12.1 Å². The number of nitrogens with one attached hydrogen (secondary N) is 1. The molecule has 0 fully saturated rings. The van der Waals surface area contributed by atoms with Gasteiger partial charge in [-0.1, -0.05) is 0 Å². The van der Waals surface area contributed by atoms with Crippen LogP contribution in [0.5, 0.6) is 11.5 Å². The van der Waals surface area contributed by atoms with Gasteiger partial charge >= 0.3 is 0 Å². The highest BCUT2D eigenvalue weighted by atomic mass is 32.2. The summed E-state index contributed by atoms with van der Waals surface area (Å²) in [6.07, 6.45) is 2.49. The van der Waals surface area contributed by atoms with Gasteiger partial charge in [-0.15, -0.1) is 0 Å². The molecule has 1 N–H and O–H groups in total. The number of carbonyl (C=O) groups excluding carboxylic acids is 1. The van der Waals surface area contributed by atoms with Crippen molar-refractivity contribution in [3.63, 3.8) is 0 Å². The van der Waals surface area contributed by atoms with Gasteiger partial charge in [0.2, 0.25) is 0 Å². The SMILES string of the molecule is COc1ccc(OC)c(S(=O)(=O)NC(=O)C(C#N)=Cc2ccco2)c1. The van der Waals surface area contributed by atoms with E-state index in [1.165, 1.54) is 44.7 Å². The van der Waals surface area contributed by atoms with Gasteiger partial charge in [-0.2, -0.15) is 5.26 Å². The molecule has 130 valence electrons. The molecule has 8 nitrogen and oxygen atoms in total. The molecule has 1 heterocycles. The minimum Gasteiger partial charge on any atom is -0.497 e. The smallest absolute Gasteiger partial charge is 0.275 e. The van der Waals surface area contributed by atoms with Gasteiger partial charge < -0.3 is 13.9 Å². The Bertz CT molecular complexity index is 939. The first-order valence-electron chi connectivity index (χ1n) is 6.85. The lowest BCUT2D eigenvalue weighted by molar-refractivity contribution is -0.115. The molecule has 0 aliphatic heterocycles. The number of sulfonamides is 1. The third-order valence-corrected chi connectivity index (χ3v) is 4.43. The topological polar surface area (TPSA) is 119 Å². The van der Waals surface area contributed by atoms with Crippen molar-refractivity contribution < 1.29 is 27.1 Å². The zero-order valence-electron chi connectivity index (χ0n) is 13.3. The summed E-state index contributed by atoms with van der Waals surface area (Å²) in [5.74, 6) is -0.568. The fourth-order valence-electron chi connectivity index (χ4n) is 1.89. The van der Waals surface area contributed by atoms with E-state index in [0.717, 1.165) is 6.08 Å². The number of hydrogen-bond acceptors (Lipinski definition) is 7. The molecule has 0 aliphatic carbocycles. The molecular weight excluding hydrogens is 348 g/mol. The van der Waals surface area contributed by atoms with E-state index in [4.69, 9.17) is 19.2 Å². The number of nitrogens with zero attached hydrogens (tertiary/aromatic N) is 1. The fraction of sp³-hybridized carbons (Fsp3) is 0.125. The molecule has 0 radical (unpaired) electrons. The highest BCUT2D eigenvalue weighted by Crippen LogP contribution is 2.28. The van der Waals surface area contributed by atoms with E-state index < -0.39 is 21.5 Å². The summed E-state index contributed by atoms with van der Waals surface area (Å²) in [6.45, 7) is 0. The van der Waals surface area contributed by atoms with Crippen LogP contribution < -0.4 is 14.2 Å². The Labute approximate surface area is 144 Å². The largest absolute Gasteiger partial charge is 0.497 e. The number of furan rings is 1. The summed E-state index contributed by atoms with van der Waals surface area (Å²) in [6, 6.07) is 8.82. The molecule has 0 unspecified atom stereocenters. The molecule has 0 aliphatic rings. The quantitative estimate of drug-likeness (QED) is 0.614. The molecule has 25 heavy (non-hydrogen) atoms. The van der Waals surface area contributed by atoms with Crippen LogP contribution in [0.3, 0.4) is 0 Å². The second kappa shape index (κ2) is 7.55. The number of nitriles is 1. The van der Waals surface area contributed by atoms with E-state index in [1.807, 2.05) is 4.72 Å². The van der Waals surface area contributed by atoms with Crippen LogP contribution in [0.1, 0.15) is 5.76 Å². The van der Waals surface area contributed by atoms with E-state index in [1.54, 1.807) is 12.1 Å². The number of hydrogen-bond donors (Lipinski definition) is 1. The van der Waals surface area contributed by atoms with Gasteiger partial charge in [0.15, 0.2) is 0 Å². The summed E-state index contributed by atoms with van der Waals surface area (Å²) >= 11 is 0. The van der Waals surface area contributed by atoms with Crippen molar-refractivity contribution in [2.75, 3.05) is 14.2 Å². The van der Waals surface area contributed by atoms with Crippen molar-refractivity contribution >= 4 is 22.0 Å². The molecule has 0 spiro atoms. The average Bonchev–Trinajstić information content (AvgIpc) is 3.11. The minimum atomic E-state index is -4.30. The van der Waals surface area contributed by atoms with E-state index in [0.29, 0.717) is 0 Å². The van der Waals surface area contributed by atoms with Gasteiger partial charge in [0.05, 0.1) is 20.5 Å². The van der Waals surface area contributed by atoms with Crippen LogP contribution in [0.25, 0.3) is 6.08 Å². The van der Waals surface area contributed by atoms with Crippen LogP contribution in [-0.2, 0) is 14.8 Å². The number of benzene rings is 1. The molecular formula is C16H14N2O6S. The van der Waals surface area contributed by atoms with E-state index in [9.17, 15) is 13.2 Å². The number of rotatable bonds is 6. The maximum atomic E-state index is 12.5. The van der Waals surface area contributed by atoms with Crippen LogP contribution in [0.15, 0.2) is 51.5 Å². The summed E-state index contributed by atoms with van der Waals surface area (Å²) in [5, 5.41) is 9.09. The molecule has 1 amide bonds. The summed E-state index contributed by atoms with van der Waals surface area (Å²) in [4.78, 5) is 11.9. The van der Waals surface area contributed by atoms with Crippen LogP contribution in [0, 0.1) is 11.3 Å². The van der Waals surface area contributed by atoms with Gasteiger partial charge in [-0.05, 0) is 24.3 Å². The van der Waals surface area contributed by atoms with Crippen molar-refractivity contribution in [2.45, 2.75) is 4.90 Å². The van der Waals surface area contributed by atoms with Crippen LogP contribution in [0.4, 0.5) is 0 Å². The van der Waals surface area contributed by atoms with Crippen molar-refractivity contribution in [1.29, 1.82) is 5.26 Å². The predicted molar refractivity (Wildman–Crippen MR) is 87.2 cm³/mol. The lowest BCUT2D eigenvalue weighted by atomic mass is 10.2. The minimum absolute atomic E-state index is 0.0228. The van der Waals surface area contributed by atoms with E-state index >= 15 is 0 Å². The lowest BCUT2D eigenvalue weighted by Crippen LogP contribution is -2.31. The maximum Gasteiger partial charge on any atom is 0.275 e. The van der Waals surface area contributed by atoms with Crippen molar-refractivity contribution in [3.8, 4) is 17.6 Å². The molecule has 9 heteroatoms. The summed E-state index contributed by atoms with van der Waals surface area (Å²) < 4.78 is 41.8. The Morgan fingerprint density at radius 1 is 1.28 bits per heavy atom.